The number of anilines is 1. The van der Waals surface area contributed by atoms with Crippen LogP contribution in [-0.4, -0.2) is 28.5 Å². The molecule has 2 amide bonds. The van der Waals surface area contributed by atoms with Crippen molar-refractivity contribution in [1.82, 2.24) is 5.32 Å². The highest BCUT2D eigenvalue weighted by atomic mass is 32.2. The van der Waals surface area contributed by atoms with Gasteiger partial charge in [0.25, 0.3) is 0 Å². The van der Waals surface area contributed by atoms with Gasteiger partial charge in [-0.1, -0.05) is 26.0 Å². The van der Waals surface area contributed by atoms with Crippen molar-refractivity contribution in [2.24, 2.45) is 0 Å². The van der Waals surface area contributed by atoms with E-state index in [9.17, 15) is 4.79 Å². The fourth-order valence-corrected chi connectivity index (χ4v) is 2.34. The number of hydrogen-bond acceptors (Lipinski definition) is 3. The number of carbonyl (C=O) groups is 1. The van der Waals surface area contributed by atoms with Gasteiger partial charge in [0.05, 0.1) is 17.8 Å². The minimum absolute atomic E-state index is 0.108. The molecule has 0 heterocycles. The Bertz CT molecular complexity index is 433. The number of nitrogens with one attached hydrogen (secondary N) is 2. The van der Waals surface area contributed by atoms with E-state index < -0.39 is 5.54 Å². The van der Waals surface area contributed by atoms with Crippen LogP contribution in [0, 0.1) is 0 Å². The molecule has 1 rings (SSSR count). The second kappa shape index (κ2) is 6.82. The van der Waals surface area contributed by atoms with Crippen molar-refractivity contribution in [3.63, 3.8) is 0 Å². The van der Waals surface area contributed by atoms with Gasteiger partial charge in [-0.2, -0.15) is 0 Å². The van der Waals surface area contributed by atoms with Gasteiger partial charge in [0.15, 0.2) is 0 Å². The second-order valence-electron chi connectivity index (χ2n) is 5.28. The summed E-state index contributed by atoms with van der Waals surface area (Å²) in [5, 5.41) is 15.1. The van der Waals surface area contributed by atoms with E-state index in [1.807, 2.05) is 24.3 Å². The van der Waals surface area contributed by atoms with Gasteiger partial charge in [0.2, 0.25) is 0 Å². The Balaban J connectivity index is 2.74. The van der Waals surface area contributed by atoms with E-state index in [1.165, 1.54) is 0 Å². The Hall–Kier alpha value is -1.20. The van der Waals surface area contributed by atoms with Crippen LogP contribution in [0.25, 0.3) is 0 Å². The van der Waals surface area contributed by atoms with E-state index in [-0.39, 0.29) is 12.6 Å². The van der Waals surface area contributed by atoms with Crippen molar-refractivity contribution in [3.8, 4) is 0 Å². The van der Waals surface area contributed by atoms with Gasteiger partial charge in [-0.15, -0.1) is 11.8 Å². The number of amides is 2. The molecule has 3 N–H and O–H groups in total. The van der Waals surface area contributed by atoms with E-state index >= 15 is 0 Å². The van der Waals surface area contributed by atoms with Crippen LogP contribution in [0.2, 0.25) is 0 Å². The highest BCUT2D eigenvalue weighted by molar-refractivity contribution is 8.00. The molecule has 0 fully saturated rings. The van der Waals surface area contributed by atoms with Crippen molar-refractivity contribution in [2.75, 3.05) is 11.9 Å². The lowest BCUT2D eigenvalue weighted by Gasteiger charge is -2.24. The Morgan fingerprint density at radius 1 is 1.37 bits per heavy atom. The number of carbonyl (C=O) groups excluding carboxylic acids is 1. The first-order valence-electron chi connectivity index (χ1n) is 6.30. The summed E-state index contributed by atoms with van der Waals surface area (Å²) in [7, 11) is 0. The molecule has 0 aliphatic carbocycles. The number of hydrogen-bond donors (Lipinski definition) is 3. The maximum absolute atomic E-state index is 11.9. The molecule has 0 unspecified atom stereocenters. The SMILES string of the molecule is CC(C)Sc1ccccc1NC(=O)NC(C)(C)CO. The third-order valence-electron chi connectivity index (χ3n) is 2.35. The van der Waals surface area contributed by atoms with E-state index in [0.717, 1.165) is 10.6 Å². The molecule has 0 aliphatic rings. The fourth-order valence-electron chi connectivity index (χ4n) is 1.43. The van der Waals surface area contributed by atoms with Gasteiger partial charge in [-0.25, -0.2) is 4.79 Å². The highest BCUT2D eigenvalue weighted by Crippen LogP contribution is 2.30. The van der Waals surface area contributed by atoms with Crippen LogP contribution in [0.1, 0.15) is 27.7 Å². The van der Waals surface area contributed by atoms with Crippen molar-refractivity contribution in [1.29, 1.82) is 0 Å². The molecule has 0 spiro atoms. The van der Waals surface area contributed by atoms with Crippen molar-refractivity contribution in [2.45, 2.75) is 43.4 Å². The highest BCUT2D eigenvalue weighted by Gasteiger charge is 2.19. The van der Waals surface area contributed by atoms with Gasteiger partial charge in [-0.05, 0) is 26.0 Å². The largest absolute Gasteiger partial charge is 0.394 e. The Kier molecular flexibility index (Phi) is 5.69. The summed E-state index contributed by atoms with van der Waals surface area (Å²) in [6.45, 7) is 7.64. The monoisotopic (exact) mass is 282 g/mol. The van der Waals surface area contributed by atoms with Crippen LogP contribution < -0.4 is 10.6 Å². The molecule has 5 heteroatoms. The van der Waals surface area contributed by atoms with Crippen molar-refractivity contribution in [3.05, 3.63) is 24.3 Å². The molecule has 1 aromatic rings. The van der Waals surface area contributed by atoms with Crippen LogP contribution in [-0.2, 0) is 0 Å². The maximum Gasteiger partial charge on any atom is 0.319 e. The first-order chi connectivity index (χ1) is 8.84. The zero-order valence-corrected chi connectivity index (χ0v) is 12.7. The van der Waals surface area contributed by atoms with Crippen LogP contribution in [0.15, 0.2) is 29.2 Å². The van der Waals surface area contributed by atoms with Crippen LogP contribution in [0.3, 0.4) is 0 Å². The summed E-state index contributed by atoms with van der Waals surface area (Å²) >= 11 is 1.70. The molecule has 0 saturated carbocycles. The Labute approximate surface area is 119 Å². The lowest BCUT2D eigenvalue weighted by atomic mass is 10.1. The summed E-state index contributed by atoms with van der Waals surface area (Å²) in [6.07, 6.45) is 0. The average molecular weight is 282 g/mol. The van der Waals surface area contributed by atoms with Gasteiger partial charge in [0, 0.05) is 10.1 Å². The number of thioether (sulfide) groups is 1. The van der Waals surface area contributed by atoms with E-state index in [2.05, 4.69) is 24.5 Å². The molecular formula is C14H22N2O2S. The zero-order chi connectivity index (χ0) is 14.5. The predicted octanol–water partition coefficient (Wildman–Crippen LogP) is 3.08. The number of benzene rings is 1. The molecule has 0 radical (unpaired) electrons. The standard InChI is InChI=1S/C14H22N2O2S/c1-10(2)19-12-8-6-5-7-11(12)15-13(18)16-14(3,4)9-17/h5-8,10,17H,9H2,1-4H3,(H2,15,16,18). The molecule has 1 aromatic carbocycles. The molecule has 0 aliphatic heterocycles. The quantitative estimate of drug-likeness (QED) is 0.727. The number of urea groups is 1. The molecule has 0 atom stereocenters. The number of para-hydroxylation sites is 1. The molecule has 19 heavy (non-hydrogen) atoms. The Morgan fingerprint density at radius 3 is 2.58 bits per heavy atom. The first-order valence-corrected chi connectivity index (χ1v) is 7.18. The average Bonchev–Trinajstić information content (AvgIpc) is 2.30. The van der Waals surface area contributed by atoms with Gasteiger partial charge in [0.1, 0.15) is 0 Å². The molecule has 0 saturated heterocycles. The van der Waals surface area contributed by atoms with E-state index in [0.29, 0.717) is 5.25 Å². The van der Waals surface area contributed by atoms with Crippen LogP contribution in [0.5, 0.6) is 0 Å². The summed E-state index contributed by atoms with van der Waals surface area (Å²) in [5.41, 5.74) is 0.150. The second-order valence-corrected chi connectivity index (χ2v) is 6.90. The lowest BCUT2D eigenvalue weighted by Crippen LogP contribution is -2.48. The zero-order valence-electron chi connectivity index (χ0n) is 11.9. The molecule has 4 nitrogen and oxygen atoms in total. The minimum Gasteiger partial charge on any atom is -0.394 e. The maximum atomic E-state index is 11.9. The summed E-state index contributed by atoms with van der Waals surface area (Å²) in [5.74, 6) is 0. The van der Waals surface area contributed by atoms with Gasteiger partial charge in [-0.3, -0.25) is 0 Å². The topological polar surface area (TPSA) is 61.4 Å². The van der Waals surface area contributed by atoms with Crippen molar-refractivity contribution >= 4 is 23.5 Å². The molecule has 0 aromatic heterocycles. The number of aliphatic hydroxyl groups excluding tert-OH is 1. The normalized spacial score (nSPS) is 11.5. The first kappa shape index (κ1) is 15.9. The Morgan fingerprint density at radius 2 is 2.00 bits per heavy atom. The third-order valence-corrected chi connectivity index (χ3v) is 3.43. The van der Waals surface area contributed by atoms with Gasteiger partial charge >= 0.3 is 6.03 Å². The smallest absolute Gasteiger partial charge is 0.319 e. The third kappa shape index (κ3) is 5.53. The molecule has 106 valence electrons. The van der Waals surface area contributed by atoms with E-state index in [1.54, 1.807) is 25.6 Å². The number of rotatable bonds is 5. The lowest BCUT2D eigenvalue weighted by molar-refractivity contribution is 0.187. The van der Waals surface area contributed by atoms with Crippen LogP contribution in [0.4, 0.5) is 10.5 Å². The predicted molar refractivity (Wildman–Crippen MR) is 80.8 cm³/mol. The minimum atomic E-state index is -0.635. The summed E-state index contributed by atoms with van der Waals surface area (Å²) in [4.78, 5) is 12.9. The van der Waals surface area contributed by atoms with Crippen LogP contribution >= 0.6 is 11.8 Å². The van der Waals surface area contributed by atoms with Crippen molar-refractivity contribution < 1.29 is 9.90 Å². The summed E-state index contributed by atoms with van der Waals surface area (Å²) in [6, 6.07) is 7.38. The fraction of sp³-hybridized carbons (Fsp3) is 0.500. The van der Waals surface area contributed by atoms with E-state index in [4.69, 9.17) is 5.11 Å². The summed E-state index contributed by atoms with van der Waals surface area (Å²) < 4.78 is 0. The van der Waals surface area contributed by atoms with Gasteiger partial charge < -0.3 is 15.7 Å². The molecular weight excluding hydrogens is 260 g/mol. The molecule has 0 bridgehead atoms. The number of aliphatic hydroxyl groups is 1.